The van der Waals surface area contributed by atoms with Gasteiger partial charge in [0.2, 0.25) is 5.88 Å². The third-order valence-corrected chi connectivity index (χ3v) is 6.59. The van der Waals surface area contributed by atoms with Crippen molar-refractivity contribution in [1.82, 2.24) is 9.88 Å². The fourth-order valence-electron chi connectivity index (χ4n) is 2.35. The van der Waals surface area contributed by atoms with E-state index >= 15 is 0 Å². The second-order valence-corrected chi connectivity index (χ2v) is 8.52. The maximum Gasteiger partial charge on any atom is 0.217 e. The van der Waals surface area contributed by atoms with Crippen molar-refractivity contribution in [2.24, 2.45) is 0 Å². The minimum atomic E-state index is -3.03. The van der Waals surface area contributed by atoms with Crippen LogP contribution in [0.4, 0.5) is 0 Å². The van der Waals surface area contributed by atoms with Gasteiger partial charge in [-0.3, -0.25) is 4.90 Å². The molecule has 0 saturated carbocycles. The number of rotatable bonds is 3. The Hall–Kier alpha value is -1.14. The molecule has 2 rings (SSSR count). The Morgan fingerprint density at radius 1 is 1.40 bits per heavy atom. The molecule has 0 unspecified atom stereocenters. The molecule has 1 fully saturated rings. The number of hydrogen-bond donors (Lipinski definition) is 0. The SMILES string of the molecule is COc1ncccc1CN1CCC(C)(C)S(=O)(=O)CC1. The monoisotopic (exact) mass is 298 g/mol. The van der Waals surface area contributed by atoms with E-state index in [1.165, 1.54) is 0 Å². The fraction of sp³-hybridized carbons (Fsp3) is 0.643. The number of pyridine rings is 1. The van der Waals surface area contributed by atoms with Gasteiger partial charge >= 0.3 is 0 Å². The lowest BCUT2D eigenvalue weighted by atomic mass is 10.1. The summed E-state index contributed by atoms with van der Waals surface area (Å²) in [5.41, 5.74) is 0.993. The highest BCUT2D eigenvalue weighted by Gasteiger charge is 2.36. The van der Waals surface area contributed by atoms with Crippen LogP contribution >= 0.6 is 0 Å². The molecule has 0 atom stereocenters. The van der Waals surface area contributed by atoms with E-state index in [1.54, 1.807) is 13.3 Å². The standard InChI is InChI=1S/C14H22N2O3S/c1-14(2)6-8-16(9-10-20(14,17)18)11-12-5-4-7-15-13(12)19-3/h4-5,7H,6,8-11H2,1-3H3. The van der Waals surface area contributed by atoms with Crippen molar-refractivity contribution >= 4 is 9.84 Å². The molecule has 0 aromatic carbocycles. The highest BCUT2D eigenvalue weighted by molar-refractivity contribution is 7.92. The molecular formula is C14H22N2O3S. The molecule has 0 radical (unpaired) electrons. The second kappa shape index (κ2) is 5.69. The molecular weight excluding hydrogens is 276 g/mol. The molecule has 6 heteroatoms. The van der Waals surface area contributed by atoms with Crippen LogP contribution in [-0.4, -0.2) is 49.0 Å². The zero-order valence-corrected chi connectivity index (χ0v) is 13.1. The summed E-state index contributed by atoms with van der Waals surface area (Å²) in [4.78, 5) is 6.33. The van der Waals surface area contributed by atoms with Crippen LogP contribution in [0.2, 0.25) is 0 Å². The van der Waals surface area contributed by atoms with Gasteiger partial charge in [0.1, 0.15) is 0 Å². The van der Waals surface area contributed by atoms with Crippen LogP contribution in [0.1, 0.15) is 25.8 Å². The number of ether oxygens (including phenoxy) is 1. The van der Waals surface area contributed by atoms with E-state index in [0.717, 1.165) is 12.1 Å². The molecule has 1 aromatic heterocycles. The molecule has 20 heavy (non-hydrogen) atoms. The van der Waals surface area contributed by atoms with Crippen LogP contribution in [0.3, 0.4) is 0 Å². The number of hydrogen-bond acceptors (Lipinski definition) is 5. The number of methoxy groups -OCH3 is 1. The van der Waals surface area contributed by atoms with Gasteiger partial charge in [0, 0.05) is 31.4 Å². The Balaban J connectivity index is 2.12. The van der Waals surface area contributed by atoms with Crippen molar-refractivity contribution in [1.29, 1.82) is 0 Å². The van der Waals surface area contributed by atoms with Crippen LogP contribution in [0, 0.1) is 0 Å². The highest BCUT2D eigenvalue weighted by atomic mass is 32.2. The third kappa shape index (κ3) is 3.12. The van der Waals surface area contributed by atoms with Crippen LogP contribution in [0.25, 0.3) is 0 Å². The van der Waals surface area contributed by atoms with Gasteiger partial charge in [-0.25, -0.2) is 13.4 Å². The molecule has 1 aliphatic rings. The predicted octanol–water partition coefficient (Wildman–Crippen LogP) is 1.49. The Morgan fingerprint density at radius 3 is 2.85 bits per heavy atom. The van der Waals surface area contributed by atoms with Gasteiger partial charge in [-0.1, -0.05) is 6.07 Å². The van der Waals surface area contributed by atoms with Gasteiger partial charge in [0.25, 0.3) is 0 Å². The first-order valence-corrected chi connectivity index (χ1v) is 8.43. The molecule has 0 amide bonds. The first-order valence-electron chi connectivity index (χ1n) is 6.78. The normalized spacial score (nSPS) is 22.1. The summed E-state index contributed by atoms with van der Waals surface area (Å²) in [6, 6.07) is 3.84. The molecule has 1 aromatic rings. The van der Waals surface area contributed by atoms with Crippen LogP contribution in [-0.2, 0) is 16.4 Å². The summed E-state index contributed by atoms with van der Waals surface area (Å²) in [7, 11) is -1.43. The van der Waals surface area contributed by atoms with Gasteiger partial charge in [-0.05, 0) is 26.3 Å². The molecule has 5 nitrogen and oxygen atoms in total. The maximum absolute atomic E-state index is 12.2. The average molecular weight is 298 g/mol. The van der Waals surface area contributed by atoms with E-state index in [0.29, 0.717) is 25.4 Å². The first-order chi connectivity index (χ1) is 9.36. The van der Waals surface area contributed by atoms with Crippen molar-refractivity contribution in [2.45, 2.75) is 31.6 Å². The van der Waals surface area contributed by atoms with E-state index in [1.807, 2.05) is 26.0 Å². The molecule has 1 aliphatic heterocycles. The predicted molar refractivity (Wildman–Crippen MR) is 78.5 cm³/mol. The van der Waals surface area contributed by atoms with Gasteiger partial charge in [0.05, 0.1) is 17.6 Å². The molecule has 0 N–H and O–H groups in total. The van der Waals surface area contributed by atoms with Crippen molar-refractivity contribution in [3.05, 3.63) is 23.9 Å². The largest absolute Gasteiger partial charge is 0.481 e. The fourth-order valence-corrected chi connectivity index (χ4v) is 3.80. The van der Waals surface area contributed by atoms with E-state index in [2.05, 4.69) is 9.88 Å². The lowest BCUT2D eigenvalue weighted by Gasteiger charge is -2.22. The van der Waals surface area contributed by atoms with E-state index in [9.17, 15) is 8.42 Å². The molecule has 112 valence electrons. The summed E-state index contributed by atoms with van der Waals surface area (Å²) >= 11 is 0. The summed E-state index contributed by atoms with van der Waals surface area (Å²) in [6.07, 6.45) is 2.34. The van der Waals surface area contributed by atoms with Crippen LogP contribution in [0.15, 0.2) is 18.3 Å². The van der Waals surface area contributed by atoms with Crippen LogP contribution in [0.5, 0.6) is 5.88 Å². The molecule has 2 heterocycles. The van der Waals surface area contributed by atoms with Crippen molar-refractivity contribution < 1.29 is 13.2 Å². The third-order valence-electron chi connectivity index (χ3n) is 3.99. The van der Waals surface area contributed by atoms with Gasteiger partial charge in [0.15, 0.2) is 9.84 Å². The Labute approximate surface area is 120 Å². The highest BCUT2D eigenvalue weighted by Crippen LogP contribution is 2.26. The quantitative estimate of drug-likeness (QED) is 0.846. The van der Waals surface area contributed by atoms with Crippen molar-refractivity contribution in [3.8, 4) is 5.88 Å². The summed E-state index contributed by atoms with van der Waals surface area (Å²) in [5, 5.41) is 0. The van der Waals surface area contributed by atoms with Gasteiger partial charge in [-0.2, -0.15) is 0 Å². The lowest BCUT2D eigenvalue weighted by Crippen LogP contribution is -2.33. The zero-order valence-electron chi connectivity index (χ0n) is 12.3. The topological polar surface area (TPSA) is 59.5 Å². The van der Waals surface area contributed by atoms with Crippen molar-refractivity contribution in [3.63, 3.8) is 0 Å². The maximum atomic E-state index is 12.2. The molecule has 1 saturated heterocycles. The minimum Gasteiger partial charge on any atom is -0.481 e. The van der Waals surface area contributed by atoms with Crippen LogP contribution < -0.4 is 4.74 Å². The lowest BCUT2D eigenvalue weighted by molar-refractivity contribution is 0.270. The van der Waals surface area contributed by atoms with E-state index in [4.69, 9.17) is 4.74 Å². The van der Waals surface area contributed by atoms with Gasteiger partial charge in [-0.15, -0.1) is 0 Å². The Morgan fingerprint density at radius 2 is 2.15 bits per heavy atom. The van der Waals surface area contributed by atoms with E-state index in [-0.39, 0.29) is 5.75 Å². The average Bonchev–Trinajstić information content (AvgIpc) is 2.50. The summed E-state index contributed by atoms with van der Waals surface area (Å²) in [5.74, 6) is 0.821. The summed E-state index contributed by atoms with van der Waals surface area (Å²) < 4.78 is 29.0. The van der Waals surface area contributed by atoms with Gasteiger partial charge < -0.3 is 4.74 Å². The molecule has 0 spiro atoms. The zero-order chi connectivity index (χ0) is 14.8. The second-order valence-electron chi connectivity index (χ2n) is 5.78. The number of sulfone groups is 1. The molecule has 0 bridgehead atoms. The molecule has 0 aliphatic carbocycles. The first kappa shape index (κ1) is 15.3. The van der Waals surface area contributed by atoms with E-state index < -0.39 is 14.6 Å². The van der Waals surface area contributed by atoms with Crippen molar-refractivity contribution in [2.75, 3.05) is 26.0 Å². The Bertz CT molecular complexity index is 570. The summed E-state index contributed by atoms with van der Waals surface area (Å²) in [6.45, 7) is 5.63. The smallest absolute Gasteiger partial charge is 0.217 e. The minimum absolute atomic E-state index is 0.211. The Kier molecular flexibility index (Phi) is 4.34. The number of aromatic nitrogens is 1. The number of nitrogens with zero attached hydrogens (tertiary/aromatic N) is 2.